The lowest BCUT2D eigenvalue weighted by Crippen LogP contribution is -2.32. The van der Waals surface area contributed by atoms with Crippen LogP contribution in [0, 0.1) is 0 Å². The summed E-state index contributed by atoms with van der Waals surface area (Å²) in [7, 11) is 0. The van der Waals surface area contributed by atoms with Gasteiger partial charge in [-0.2, -0.15) is 0 Å². The molecule has 3 rings (SSSR count). The van der Waals surface area contributed by atoms with E-state index in [-0.39, 0.29) is 18.3 Å². The number of aryl methyl sites for hydroxylation is 2. The summed E-state index contributed by atoms with van der Waals surface area (Å²) in [4.78, 5) is 16.0. The number of fused-ring (bicyclic) bond motifs is 1. The monoisotopic (exact) mass is 323 g/mol. The molecule has 6 heteroatoms. The van der Waals surface area contributed by atoms with Crippen LogP contribution in [0.2, 0.25) is 0 Å². The van der Waals surface area contributed by atoms with Crippen molar-refractivity contribution in [2.45, 2.75) is 32.2 Å². The molecular weight excluding hydrogens is 306 g/mol. The number of nitrogens with zero attached hydrogens (tertiary/aromatic N) is 1. The van der Waals surface area contributed by atoms with Gasteiger partial charge in [0.1, 0.15) is 0 Å². The van der Waals surface area contributed by atoms with Gasteiger partial charge in [0, 0.05) is 10.9 Å². The highest BCUT2D eigenvalue weighted by molar-refractivity contribution is 7.14. The van der Waals surface area contributed by atoms with Crippen LogP contribution in [0.4, 0.5) is 5.13 Å². The highest BCUT2D eigenvalue weighted by Gasteiger charge is 2.14. The molecule has 0 saturated carbocycles. The van der Waals surface area contributed by atoms with Gasteiger partial charge in [-0.25, -0.2) is 4.98 Å². The first kappa shape index (κ1) is 15.9. The summed E-state index contributed by atoms with van der Waals surface area (Å²) in [6.07, 6.45) is 3.58. The topological polar surface area (TPSA) is 68.0 Å². The maximum absolute atomic E-state index is 11.5. The van der Waals surface area contributed by atoms with Gasteiger partial charge in [-0.3, -0.25) is 4.79 Å². The summed E-state index contributed by atoms with van der Waals surface area (Å²) in [6.45, 7) is 1.66. The number of carbonyl (C=O) groups excluding carboxylic acids is 1. The number of hydrogen-bond donors (Lipinski definition) is 2. The fourth-order valence-electron chi connectivity index (χ4n) is 2.41. The van der Waals surface area contributed by atoms with Crippen LogP contribution in [0.1, 0.15) is 24.5 Å². The van der Waals surface area contributed by atoms with E-state index in [9.17, 15) is 4.79 Å². The Balaban J connectivity index is 0.00000161. The number of rotatable bonds is 3. The molecule has 0 unspecified atom stereocenters. The molecule has 1 aromatic heterocycles. The maximum atomic E-state index is 11.5. The van der Waals surface area contributed by atoms with Crippen molar-refractivity contribution in [1.29, 1.82) is 0 Å². The number of hydrogen-bond acceptors (Lipinski definition) is 4. The zero-order chi connectivity index (χ0) is 14.1. The molecule has 0 spiro atoms. The predicted molar refractivity (Wildman–Crippen MR) is 89.1 cm³/mol. The lowest BCUT2D eigenvalue weighted by molar-refractivity contribution is -0.117. The van der Waals surface area contributed by atoms with Crippen molar-refractivity contribution < 1.29 is 4.79 Å². The van der Waals surface area contributed by atoms with E-state index in [4.69, 9.17) is 5.73 Å². The van der Waals surface area contributed by atoms with Crippen LogP contribution in [0.5, 0.6) is 0 Å². The average molecular weight is 324 g/mol. The van der Waals surface area contributed by atoms with E-state index in [1.54, 1.807) is 6.92 Å². The van der Waals surface area contributed by atoms with Crippen LogP contribution in [-0.2, 0) is 17.6 Å². The van der Waals surface area contributed by atoms with Gasteiger partial charge in [0.05, 0.1) is 11.7 Å². The van der Waals surface area contributed by atoms with Crippen molar-refractivity contribution in [1.82, 2.24) is 4.98 Å². The molecule has 3 N–H and O–H groups in total. The van der Waals surface area contributed by atoms with Crippen molar-refractivity contribution in [3.63, 3.8) is 0 Å². The number of thiazole rings is 1. The SMILES string of the molecule is C[C@H](N)C(=O)Nc1nc(-c2ccc3c(c2)CCC3)cs1.Cl. The van der Waals surface area contributed by atoms with Gasteiger partial charge in [-0.1, -0.05) is 12.1 Å². The molecule has 0 aliphatic heterocycles. The lowest BCUT2D eigenvalue weighted by Gasteiger charge is -2.04. The normalized spacial score (nSPS) is 14.2. The molecule has 1 aliphatic rings. The summed E-state index contributed by atoms with van der Waals surface area (Å²) < 4.78 is 0. The number of carbonyl (C=O) groups is 1. The number of nitrogens with two attached hydrogens (primary N) is 1. The molecule has 0 saturated heterocycles. The first-order chi connectivity index (χ1) is 9.63. The number of halogens is 1. The smallest absolute Gasteiger partial charge is 0.242 e. The Labute approximate surface area is 134 Å². The van der Waals surface area contributed by atoms with E-state index in [1.165, 1.54) is 35.3 Å². The molecule has 4 nitrogen and oxygen atoms in total. The van der Waals surface area contributed by atoms with E-state index in [0.717, 1.165) is 17.7 Å². The fraction of sp³-hybridized carbons (Fsp3) is 0.333. The van der Waals surface area contributed by atoms with Crippen molar-refractivity contribution >= 4 is 34.8 Å². The van der Waals surface area contributed by atoms with Crippen LogP contribution in [0.25, 0.3) is 11.3 Å². The van der Waals surface area contributed by atoms with Gasteiger partial charge in [-0.15, -0.1) is 23.7 Å². The second-order valence-corrected chi connectivity index (χ2v) is 6.01. The number of benzene rings is 1. The molecule has 1 atom stereocenters. The quantitative estimate of drug-likeness (QED) is 0.912. The summed E-state index contributed by atoms with van der Waals surface area (Å²) >= 11 is 1.42. The Morgan fingerprint density at radius 3 is 2.90 bits per heavy atom. The second-order valence-electron chi connectivity index (χ2n) is 5.15. The first-order valence-electron chi connectivity index (χ1n) is 6.77. The van der Waals surface area contributed by atoms with Gasteiger partial charge in [0.2, 0.25) is 5.91 Å². The third kappa shape index (κ3) is 3.43. The van der Waals surface area contributed by atoms with Crippen LogP contribution >= 0.6 is 23.7 Å². The van der Waals surface area contributed by atoms with Crippen molar-refractivity contribution in [2.24, 2.45) is 5.73 Å². The lowest BCUT2D eigenvalue weighted by atomic mass is 10.1. The largest absolute Gasteiger partial charge is 0.320 e. The van der Waals surface area contributed by atoms with Gasteiger partial charge in [0.15, 0.2) is 5.13 Å². The highest BCUT2D eigenvalue weighted by atomic mass is 35.5. The molecule has 112 valence electrons. The molecule has 21 heavy (non-hydrogen) atoms. The van der Waals surface area contributed by atoms with Gasteiger partial charge < -0.3 is 11.1 Å². The average Bonchev–Trinajstić information content (AvgIpc) is 3.05. The highest BCUT2D eigenvalue weighted by Crippen LogP contribution is 2.30. The molecule has 1 aliphatic carbocycles. The zero-order valence-electron chi connectivity index (χ0n) is 11.8. The Hall–Kier alpha value is -1.43. The Bertz CT molecular complexity index is 654. The van der Waals surface area contributed by atoms with Crippen LogP contribution in [0.15, 0.2) is 23.6 Å². The Morgan fingerprint density at radius 1 is 1.38 bits per heavy atom. The number of nitrogens with one attached hydrogen (secondary N) is 1. The molecule has 1 aromatic carbocycles. The molecule has 2 aromatic rings. The van der Waals surface area contributed by atoms with Gasteiger partial charge >= 0.3 is 0 Å². The van der Waals surface area contributed by atoms with Crippen LogP contribution in [-0.4, -0.2) is 16.9 Å². The summed E-state index contributed by atoms with van der Waals surface area (Å²) in [5, 5.41) is 5.29. The molecule has 0 fully saturated rings. The molecule has 1 heterocycles. The Kier molecular flexibility index (Phi) is 4.98. The number of anilines is 1. The van der Waals surface area contributed by atoms with Crippen LogP contribution < -0.4 is 11.1 Å². The third-order valence-corrected chi connectivity index (χ3v) is 4.30. The Morgan fingerprint density at radius 2 is 2.14 bits per heavy atom. The zero-order valence-corrected chi connectivity index (χ0v) is 13.4. The minimum atomic E-state index is -0.526. The molecular formula is C15H18ClN3OS. The van der Waals surface area contributed by atoms with E-state index in [2.05, 4.69) is 28.5 Å². The standard InChI is InChI=1S/C15H17N3OS.ClH/c1-9(16)14(19)18-15-17-13(8-20-15)12-6-5-10-3-2-4-11(10)7-12;/h5-9H,2-4,16H2,1H3,(H,17,18,19);1H/t9-;/m0./s1. The van der Waals surface area contributed by atoms with Gasteiger partial charge in [0.25, 0.3) is 0 Å². The van der Waals surface area contributed by atoms with E-state index in [0.29, 0.717) is 5.13 Å². The number of amides is 1. The van der Waals surface area contributed by atoms with Crippen LogP contribution in [0.3, 0.4) is 0 Å². The maximum Gasteiger partial charge on any atom is 0.242 e. The van der Waals surface area contributed by atoms with Crippen molar-refractivity contribution in [3.8, 4) is 11.3 Å². The summed E-state index contributed by atoms with van der Waals surface area (Å²) in [5.41, 5.74) is 10.4. The predicted octanol–water partition coefficient (Wildman–Crippen LogP) is 3.01. The first-order valence-corrected chi connectivity index (χ1v) is 7.65. The minimum absolute atomic E-state index is 0. The van der Waals surface area contributed by atoms with Crippen molar-refractivity contribution in [2.75, 3.05) is 5.32 Å². The third-order valence-electron chi connectivity index (χ3n) is 3.54. The molecule has 0 radical (unpaired) electrons. The second kappa shape index (κ2) is 6.56. The van der Waals surface area contributed by atoms with E-state index in [1.807, 2.05) is 5.38 Å². The minimum Gasteiger partial charge on any atom is -0.320 e. The molecule has 0 bridgehead atoms. The van der Waals surface area contributed by atoms with E-state index >= 15 is 0 Å². The van der Waals surface area contributed by atoms with Gasteiger partial charge in [-0.05, 0) is 43.4 Å². The molecule has 1 amide bonds. The summed E-state index contributed by atoms with van der Waals surface area (Å²) in [6, 6.07) is 5.99. The van der Waals surface area contributed by atoms with Crippen molar-refractivity contribution in [3.05, 3.63) is 34.7 Å². The number of aromatic nitrogens is 1. The van der Waals surface area contributed by atoms with E-state index < -0.39 is 6.04 Å². The summed E-state index contributed by atoms with van der Waals surface area (Å²) in [5.74, 6) is -0.208. The fourth-order valence-corrected chi connectivity index (χ4v) is 3.14.